The Hall–Kier alpha value is -1.61. The molecule has 0 saturated heterocycles. The van der Waals surface area contributed by atoms with Crippen molar-refractivity contribution in [2.75, 3.05) is 18.6 Å². The number of hydrogen-bond acceptors (Lipinski definition) is 2. The van der Waals surface area contributed by atoms with Crippen LogP contribution in [0.25, 0.3) is 0 Å². The standard InChI is InChI=1S/C14H19NO2/c1-10(2)15(13(16)9-17-5)14-11(3)7-6-8-12(14)4/h6-8H,1,9H2,2-5H3. The second kappa shape index (κ2) is 5.64. The first-order valence-electron chi connectivity index (χ1n) is 5.52. The SMILES string of the molecule is C=C(C)N(C(=O)COC)c1c(C)cccc1C. The summed E-state index contributed by atoms with van der Waals surface area (Å²) in [6.45, 7) is 9.71. The van der Waals surface area contributed by atoms with Crippen molar-refractivity contribution in [2.24, 2.45) is 0 Å². The van der Waals surface area contributed by atoms with Gasteiger partial charge in [-0.05, 0) is 31.9 Å². The van der Waals surface area contributed by atoms with E-state index < -0.39 is 0 Å². The summed E-state index contributed by atoms with van der Waals surface area (Å²) < 4.78 is 4.90. The third kappa shape index (κ3) is 2.94. The number of ether oxygens (including phenoxy) is 1. The fraction of sp³-hybridized carbons (Fsp3) is 0.357. The molecule has 0 fully saturated rings. The topological polar surface area (TPSA) is 29.5 Å². The van der Waals surface area contributed by atoms with Gasteiger partial charge in [0.05, 0.1) is 5.69 Å². The normalized spacial score (nSPS) is 10.1. The van der Waals surface area contributed by atoms with Gasteiger partial charge >= 0.3 is 0 Å². The number of para-hydroxylation sites is 1. The summed E-state index contributed by atoms with van der Waals surface area (Å²) >= 11 is 0. The maximum Gasteiger partial charge on any atom is 0.257 e. The third-order valence-electron chi connectivity index (χ3n) is 2.56. The van der Waals surface area contributed by atoms with Crippen LogP contribution in [0.1, 0.15) is 18.1 Å². The molecule has 0 aromatic heterocycles. The number of nitrogens with zero attached hydrogens (tertiary/aromatic N) is 1. The Kier molecular flexibility index (Phi) is 4.46. The second-order valence-corrected chi connectivity index (χ2v) is 4.14. The molecule has 0 aliphatic rings. The molecule has 1 aromatic carbocycles. The number of anilines is 1. The molecule has 17 heavy (non-hydrogen) atoms. The molecule has 1 rings (SSSR count). The Morgan fingerprint density at radius 1 is 1.35 bits per heavy atom. The van der Waals surface area contributed by atoms with Gasteiger partial charge in [0.2, 0.25) is 0 Å². The first kappa shape index (κ1) is 13.5. The van der Waals surface area contributed by atoms with Gasteiger partial charge in [0.1, 0.15) is 6.61 Å². The third-order valence-corrected chi connectivity index (χ3v) is 2.56. The van der Waals surface area contributed by atoms with Crippen LogP contribution < -0.4 is 4.90 Å². The predicted octanol–water partition coefficient (Wildman–Crippen LogP) is 2.82. The highest BCUT2D eigenvalue weighted by atomic mass is 16.5. The Morgan fingerprint density at radius 3 is 2.29 bits per heavy atom. The van der Waals surface area contributed by atoms with Gasteiger partial charge in [0.25, 0.3) is 5.91 Å². The Morgan fingerprint density at radius 2 is 1.88 bits per heavy atom. The van der Waals surface area contributed by atoms with E-state index in [2.05, 4.69) is 6.58 Å². The molecule has 0 aliphatic carbocycles. The van der Waals surface area contributed by atoms with Gasteiger partial charge < -0.3 is 4.74 Å². The largest absolute Gasteiger partial charge is 0.375 e. The van der Waals surface area contributed by atoms with Gasteiger partial charge in [-0.3, -0.25) is 9.69 Å². The van der Waals surface area contributed by atoms with Crippen LogP contribution in [-0.4, -0.2) is 19.6 Å². The number of carbonyl (C=O) groups is 1. The van der Waals surface area contributed by atoms with E-state index in [9.17, 15) is 4.79 Å². The van der Waals surface area contributed by atoms with Gasteiger partial charge in [0, 0.05) is 12.8 Å². The minimum atomic E-state index is -0.0996. The van der Waals surface area contributed by atoms with Gasteiger partial charge in [-0.15, -0.1) is 0 Å². The van der Waals surface area contributed by atoms with Crippen molar-refractivity contribution in [1.82, 2.24) is 0 Å². The lowest BCUT2D eigenvalue weighted by atomic mass is 10.1. The van der Waals surface area contributed by atoms with Crippen molar-refractivity contribution >= 4 is 11.6 Å². The zero-order chi connectivity index (χ0) is 13.0. The molecule has 3 nitrogen and oxygen atoms in total. The number of hydrogen-bond donors (Lipinski definition) is 0. The average Bonchev–Trinajstić information content (AvgIpc) is 2.23. The maximum absolute atomic E-state index is 12.0. The molecule has 1 aromatic rings. The average molecular weight is 233 g/mol. The number of carbonyl (C=O) groups excluding carboxylic acids is 1. The molecule has 0 spiro atoms. The van der Waals surface area contributed by atoms with Crippen LogP contribution in [0.2, 0.25) is 0 Å². The molecule has 0 aliphatic heterocycles. The highest BCUT2D eigenvalue weighted by Crippen LogP contribution is 2.27. The van der Waals surface area contributed by atoms with Crippen LogP contribution in [-0.2, 0) is 9.53 Å². The van der Waals surface area contributed by atoms with E-state index in [1.807, 2.05) is 39.0 Å². The van der Waals surface area contributed by atoms with Crippen LogP contribution >= 0.6 is 0 Å². The van der Waals surface area contributed by atoms with Crippen LogP contribution in [0.4, 0.5) is 5.69 Å². The summed E-state index contributed by atoms with van der Waals surface area (Å²) in [6.07, 6.45) is 0. The molecule has 0 unspecified atom stereocenters. The van der Waals surface area contributed by atoms with Gasteiger partial charge in [0.15, 0.2) is 0 Å². The summed E-state index contributed by atoms with van der Waals surface area (Å²) in [4.78, 5) is 13.6. The minimum absolute atomic E-state index is 0.0562. The second-order valence-electron chi connectivity index (χ2n) is 4.14. The van der Waals surface area contributed by atoms with E-state index >= 15 is 0 Å². The van der Waals surface area contributed by atoms with E-state index in [0.29, 0.717) is 5.70 Å². The van der Waals surface area contributed by atoms with Crippen LogP contribution in [0.15, 0.2) is 30.5 Å². The highest BCUT2D eigenvalue weighted by Gasteiger charge is 2.19. The zero-order valence-electron chi connectivity index (χ0n) is 10.9. The van der Waals surface area contributed by atoms with E-state index in [1.165, 1.54) is 7.11 Å². The van der Waals surface area contributed by atoms with E-state index in [-0.39, 0.29) is 12.5 Å². The number of rotatable bonds is 4. The van der Waals surface area contributed by atoms with Crippen LogP contribution in [0.5, 0.6) is 0 Å². The van der Waals surface area contributed by atoms with Crippen LogP contribution in [0.3, 0.4) is 0 Å². The highest BCUT2D eigenvalue weighted by molar-refractivity contribution is 5.98. The summed E-state index contributed by atoms with van der Waals surface area (Å²) in [5.41, 5.74) is 3.71. The van der Waals surface area contributed by atoms with Crippen LogP contribution in [0, 0.1) is 13.8 Å². The number of aryl methyl sites for hydroxylation is 2. The smallest absolute Gasteiger partial charge is 0.257 e. The molecule has 0 atom stereocenters. The molecule has 3 heteroatoms. The summed E-state index contributed by atoms with van der Waals surface area (Å²) in [5.74, 6) is -0.0996. The lowest BCUT2D eigenvalue weighted by molar-refractivity contribution is -0.121. The van der Waals surface area contributed by atoms with Crippen molar-refractivity contribution < 1.29 is 9.53 Å². The summed E-state index contributed by atoms with van der Waals surface area (Å²) in [7, 11) is 1.51. The fourth-order valence-electron chi connectivity index (χ4n) is 1.87. The molecule has 1 amide bonds. The van der Waals surface area contributed by atoms with Gasteiger partial charge in [-0.25, -0.2) is 0 Å². The van der Waals surface area contributed by atoms with Crippen molar-refractivity contribution in [2.45, 2.75) is 20.8 Å². The monoisotopic (exact) mass is 233 g/mol. The quantitative estimate of drug-likeness (QED) is 0.800. The zero-order valence-corrected chi connectivity index (χ0v) is 10.9. The lowest BCUT2D eigenvalue weighted by Gasteiger charge is -2.26. The van der Waals surface area contributed by atoms with E-state index in [0.717, 1.165) is 16.8 Å². The maximum atomic E-state index is 12.0. The number of benzene rings is 1. The molecule has 0 radical (unpaired) electrons. The van der Waals surface area contributed by atoms with Crippen molar-refractivity contribution in [1.29, 1.82) is 0 Å². The van der Waals surface area contributed by atoms with Gasteiger partial charge in [-0.1, -0.05) is 24.8 Å². The molecule has 0 saturated carbocycles. The molecule has 0 bridgehead atoms. The summed E-state index contributed by atoms with van der Waals surface area (Å²) in [6, 6.07) is 5.95. The summed E-state index contributed by atoms with van der Waals surface area (Å²) in [5, 5.41) is 0. The first-order chi connectivity index (χ1) is 7.99. The Labute approximate surface area is 103 Å². The molecule has 0 heterocycles. The molecule has 0 N–H and O–H groups in total. The number of amides is 1. The molecular weight excluding hydrogens is 214 g/mol. The van der Waals surface area contributed by atoms with Crippen molar-refractivity contribution in [3.8, 4) is 0 Å². The molecular formula is C14H19NO2. The number of methoxy groups -OCH3 is 1. The predicted molar refractivity (Wildman–Crippen MR) is 70.1 cm³/mol. The Bertz CT molecular complexity index is 418. The lowest BCUT2D eigenvalue weighted by Crippen LogP contribution is -2.33. The van der Waals surface area contributed by atoms with Crippen molar-refractivity contribution in [3.05, 3.63) is 41.6 Å². The Balaban J connectivity index is 3.23. The number of allylic oxidation sites excluding steroid dienone is 1. The van der Waals surface area contributed by atoms with E-state index in [1.54, 1.807) is 4.90 Å². The van der Waals surface area contributed by atoms with E-state index in [4.69, 9.17) is 4.74 Å². The first-order valence-corrected chi connectivity index (χ1v) is 5.52. The molecule has 92 valence electrons. The fourth-order valence-corrected chi connectivity index (χ4v) is 1.87. The van der Waals surface area contributed by atoms with Gasteiger partial charge in [-0.2, -0.15) is 0 Å². The van der Waals surface area contributed by atoms with Crippen molar-refractivity contribution in [3.63, 3.8) is 0 Å². The minimum Gasteiger partial charge on any atom is -0.375 e.